The highest BCUT2D eigenvalue weighted by Crippen LogP contribution is 2.18. The Labute approximate surface area is 138 Å². The van der Waals surface area contributed by atoms with Crippen LogP contribution in [0.4, 0.5) is 17.2 Å². The molecule has 2 heterocycles. The molecular formula is C17H14ClN5. The number of nitrogens with zero attached hydrogens (tertiary/aromatic N) is 3. The molecule has 0 aliphatic rings. The van der Waals surface area contributed by atoms with Gasteiger partial charge in [0.05, 0.1) is 5.69 Å². The number of rotatable bonds is 4. The number of aromatic nitrogens is 3. The van der Waals surface area contributed by atoms with Crippen molar-refractivity contribution in [3.05, 3.63) is 71.4 Å². The standard InChI is InChI=1S/C17H14ClN5/c18-17-21-7-6-16(23-17)22-15-3-1-2-12(9-15)4-5-13-8-14(19)11-20-10-13/h1-11H,19H2,(H,21,22,23). The third kappa shape index (κ3) is 4.28. The molecule has 114 valence electrons. The molecule has 0 aliphatic carbocycles. The summed E-state index contributed by atoms with van der Waals surface area (Å²) in [4.78, 5) is 12.0. The molecule has 3 rings (SSSR count). The van der Waals surface area contributed by atoms with Gasteiger partial charge in [0.15, 0.2) is 0 Å². The van der Waals surface area contributed by atoms with Gasteiger partial charge in [0.1, 0.15) is 5.82 Å². The first-order chi connectivity index (χ1) is 11.2. The Bertz CT molecular complexity index is 848. The van der Waals surface area contributed by atoms with Gasteiger partial charge in [-0.1, -0.05) is 24.3 Å². The highest BCUT2D eigenvalue weighted by atomic mass is 35.5. The highest BCUT2D eigenvalue weighted by Gasteiger charge is 1.98. The average molecular weight is 324 g/mol. The van der Waals surface area contributed by atoms with Crippen LogP contribution in [0, 0.1) is 0 Å². The van der Waals surface area contributed by atoms with E-state index in [2.05, 4.69) is 20.3 Å². The molecule has 2 aromatic heterocycles. The fraction of sp³-hybridized carbons (Fsp3) is 0. The molecule has 6 heteroatoms. The summed E-state index contributed by atoms with van der Waals surface area (Å²) in [6.45, 7) is 0. The average Bonchev–Trinajstić information content (AvgIpc) is 2.53. The van der Waals surface area contributed by atoms with Gasteiger partial charge in [-0.3, -0.25) is 4.98 Å². The third-order valence-electron chi connectivity index (χ3n) is 3.03. The molecule has 0 unspecified atom stereocenters. The predicted octanol–water partition coefficient (Wildman–Crippen LogP) is 4.02. The van der Waals surface area contributed by atoms with Crippen molar-refractivity contribution in [2.45, 2.75) is 0 Å². The molecule has 3 aromatic rings. The van der Waals surface area contributed by atoms with Gasteiger partial charge in [0, 0.05) is 24.3 Å². The van der Waals surface area contributed by atoms with E-state index in [1.54, 1.807) is 24.7 Å². The highest BCUT2D eigenvalue weighted by molar-refractivity contribution is 6.28. The minimum atomic E-state index is 0.209. The first kappa shape index (κ1) is 15.0. The zero-order valence-electron chi connectivity index (χ0n) is 12.1. The van der Waals surface area contributed by atoms with E-state index in [-0.39, 0.29) is 5.28 Å². The van der Waals surface area contributed by atoms with Crippen molar-refractivity contribution in [1.82, 2.24) is 15.0 Å². The molecule has 0 aliphatic heterocycles. The summed E-state index contributed by atoms with van der Waals surface area (Å²) in [5, 5.41) is 3.40. The van der Waals surface area contributed by atoms with Crippen molar-refractivity contribution in [2.24, 2.45) is 0 Å². The molecule has 5 nitrogen and oxygen atoms in total. The molecule has 0 atom stereocenters. The number of halogens is 1. The smallest absolute Gasteiger partial charge is 0.224 e. The number of nitrogens with two attached hydrogens (primary N) is 1. The van der Waals surface area contributed by atoms with E-state index in [0.717, 1.165) is 16.8 Å². The van der Waals surface area contributed by atoms with Crippen LogP contribution in [0.25, 0.3) is 12.2 Å². The lowest BCUT2D eigenvalue weighted by molar-refractivity contribution is 1.17. The summed E-state index contributed by atoms with van der Waals surface area (Å²) >= 11 is 5.78. The zero-order valence-corrected chi connectivity index (χ0v) is 12.9. The Morgan fingerprint density at radius 1 is 1.04 bits per heavy atom. The third-order valence-corrected chi connectivity index (χ3v) is 3.22. The zero-order chi connectivity index (χ0) is 16.1. The van der Waals surface area contributed by atoms with Gasteiger partial charge in [-0.2, -0.15) is 0 Å². The Morgan fingerprint density at radius 2 is 1.91 bits per heavy atom. The number of hydrogen-bond acceptors (Lipinski definition) is 5. The van der Waals surface area contributed by atoms with Gasteiger partial charge in [-0.15, -0.1) is 0 Å². The molecule has 0 saturated heterocycles. The van der Waals surface area contributed by atoms with Crippen LogP contribution in [0.3, 0.4) is 0 Å². The molecule has 0 radical (unpaired) electrons. The van der Waals surface area contributed by atoms with Crippen LogP contribution in [0.1, 0.15) is 11.1 Å². The Morgan fingerprint density at radius 3 is 2.74 bits per heavy atom. The van der Waals surface area contributed by atoms with Gasteiger partial charge < -0.3 is 11.1 Å². The molecule has 1 aromatic carbocycles. The predicted molar refractivity (Wildman–Crippen MR) is 94.3 cm³/mol. The summed E-state index contributed by atoms with van der Waals surface area (Å²) < 4.78 is 0. The van der Waals surface area contributed by atoms with Gasteiger partial charge >= 0.3 is 0 Å². The van der Waals surface area contributed by atoms with Crippen LogP contribution in [-0.2, 0) is 0 Å². The first-order valence-electron chi connectivity index (χ1n) is 6.93. The van der Waals surface area contributed by atoms with E-state index in [1.165, 1.54) is 0 Å². The minimum absolute atomic E-state index is 0.209. The lowest BCUT2D eigenvalue weighted by atomic mass is 10.1. The van der Waals surface area contributed by atoms with Gasteiger partial charge in [0.2, 0.25) is 5.28 Å². The van der Waals surface area contributed by atoms with E-state index in [0.29, 0.717) is 11.5 Å². The van der Waals surface area contributed by atoms with Gasteiger partial charge in [0.25, 0.3) is 0 Å². The second-order valence-corrected chi connectivity index (χ2v) is 5.18. The summed E-state index contributed by atoms with van der Waals surface area (Å²) in [6.07, 6.45) is 8.94. The Kier molecular flexibility index (Phi) is 4.49. The number of nitrogen functional groups attached to an aromatic ring is 1. The summed E-state index contributed by atoms with van der Waals surface area (Å²) in [6, 6.07) is 11.6. The van der Waals surface area contributed by atoms with Crippen molar-refractivity contribution in [1.29, 1.82) is 0 Å². The lowest BCUT2D eigenvalue weighted by Gasteiger charge is -2.06. The van der Waals surface area contributed by atoms with Crippen molar-refractivity contribution in [2.75, 3.05) is 11.1 Å². The summed E-state index contributed by atoms with van der Waals surface area (Å²) in [5.41, 5.74) is 9.26. The second-order valence-electron chi connectivity index (χ2n) is 4.85. The number of hydrogen-bond donors (Lipinski definition) is 2. The number of benzene rings is 1. The Hall–Kier alpha value is -2.92. The van der Waals surface area contributed by atoms with Crippen LogP contribution in [0.15, 0.2) is 55.0 Å². The molecule has 0 bridgehead atoms. The molecule has 3 N–H and O–H groups in total. The minimum Gasteiger partial charge on any atom is -0.397 e. The van der Waals surface area contributed by atoms with E-state index in [1.807, 2.05) is 42.5 Å². The maximum Gasteiger partial charge on any atom is 0.224 e. The Balaban J connectivity index is 1.77. The van der Waals surface area contributed by atoms with Crippen molar-refractivity contribution < 1.29 is 0 Å². The maximum atomic E-state index is 5.78. The molecule has 0 fully saturated rings. The molecule has 0 saturated carbocycles. The van der Waals surface area contributed by atoms with Crippen LogP contribution in [-0.4, -0.2) is 15.0 Å². The van der Waals surface area contributed by atoms with Crippen LogP contribution in [0.2, 0.25) is 5.28 Å². The van der Waals surface area contributed by atoms with E-state index < -0.39 is 0 Å². The fourth-order valence-corrected chi connectivity index (χ4v) is 2.18. The van der Waals surface area contributed by atoms with E-state index in [4.69, 9.17) is 17.3 Å². The van der Waals surface area contributed by atoms with Gasteiger partial charge in [-0.05, 0) is 47.0 Å². The molecule has 0 spiro atoms. The maximum absolute atomic E-state index is 5.78. The fourth-order valence-electron chi connectivity index (χ4n) is 2.03. The van der Waals surface area contributed by atoms with E-state index in [9.17, 15) is 0 Å². The van der Waals surface area contributed by atoms with Crippen molar-refractivity contribution in [3.63, 3.8) is 0 Å². The van der Waals surface area contributed by atoms with E-state index >= 15 is 0 Å². The van der Waals surface area contributed by atoms with Crippen molar-refractivity contribution >= 4 is 40.9 Å². The monoisotopic (exact) mass is 323 g/mol. The van der Waals surface area contributed by atoms with Crippen LogP contribution in [0.5, 0.6) is 0 Å². The van der Waals surface area contributed by atoms with Crippen LogP contribution < -0.4 is 11.1 Å². The summed E-state index contributed by atoms with van der Waals surface area (Å²) in [7, 11) is 0. The summed E-state index contributed by atoms with van der Waals surface area (Å²) in [5.74, 6) is 0.645. The lowest BCUT2D eigenvalue weighted by Crippen LogP contribution is -1.94. The number of pyridine rings is 1. The van der Waals surface area contributed by atoms with Crippen molar-refractivity contribution in [3.8, 4) is 0 Å². The number of anilines is 3. The quantitative estimate of drug-likeness (QED) is 0.709. The molecular weight excluding hydrogens is 310 g/mol. The first-order valence-corrected chi connectivity index (χ1v) is 7.31. The molecule has 23 heavy (non-hydrogen) atoms. The largest absolute Gasteiger partial charge is 0.397 e. The van der Waals surface area contributed by atoms with Crippen LogP contribution >= 0.6 is 11.6 Å². The SMILES string of the molecule is Nc1cncc(C=Cc2cccc(Nc3ccnc(Cl)n3)c2)c1. The topological polar surface area (TPSA) is 76.7 Å². The normalized spacial score (nSPS) is 10.8. The molecule has 0 amide bonds. The number of nitrogens with one attached hydrogen (secondary N) is 1. The van der Waals surface area contributed by atoms with Gasteiger partial charge in [-0.25, -0.2) is 9.97 Å². The second kappa shape index (κ2) is 6.89.